The van der Waals surface area contributed by atoms with Crippen LogP contribution < -0.4 is 4.74 Å². The SMILES string of the molecule is COc1ccccc1N=Nc1c(-c2ccccc2)nc2cccc(C)n12. The Morgan fingerprint density at radius 3 is 2.42 bits per heavy atom. The maximum atomic E-state index is 5.37. The van der Waals surface area contributed by atoms with Gasteiger partial charge in [-0.05, 0) is 31.2 Å². The molecule has 0 saturated carbocycles. The number of hydrogen-bond donors (Lipinski definition) is 0. The van der Waals surface area contributed by atoms with Crippen molar-refractivity contribution in [1.82, 2.24) is 9.38 Å². The summed E-state index contributed by atoms with van der Waals surface area (Å²) in [5.41, 5.74) is 4.38. The number of nitrogens with zero attached hydrogens (tertiary/aromatic N) is 4. The predicted octanol–water partition coefficient (Wildman–Crippen LogP) is 5.73. The zero-order valence-electron chi connectivity index (χ0n) is 14.6. The molecule has 0 amide bonds. The van der Waals surface area contributed by atoms with Gasteiger partial charge < -0.3 is 4.74 Å². The van der Waals surface area contributed by atoms with E-state index < -0.39 is 0 Å². The maximum Gasteiger partial charge on any atom is 0.187 e. The highest BCUT2D eigenvalue weighted by molar-refractivity contribution is 5.74. The minimum atomic E-state index is 0.678. The largest absolute Gasteiger partial charge is 0.494 e. The molecule has 2 aromatic heterocycles. The number of rotatable bonds is 4. The van der Waals surface area contributed by atoms with Gasteiger partial charge in [0.2, 0.25) is 0 Å². The van der Waals surface area contributed by atoms with Gasteiger partial charge in [-0.2, -0.15) is 0 Å². The minimum absolute atomic E-state index is 0.678. The molecule has 4 rings (SSSR count). The van der Waals surface area contributed by atoms with Crippen LogP contribution >= 0.6 is 0 Å². The number of ether oxygens (including phenoxy) is 1. The quantitative estimate of drug-likeness (QED) is 0.444. The van der Waals surface area contributed by atoms with Crippen molar-refractivity contribution in [3.63, 3.8) is 0 Å². The first-order valence-electron chi connectivity index (χ1n) is 8.36. The van der Waals surface area contributed by atoms with E-state index in [0.717, 1.165) is 22.6 Å². The van der Waals surface area contributed by atoms with Gasteiger partial charge in [-0.3, -0.25) is 4.40 Å². The lowest BCUT2D eigenvalue weighted by molar-refractivity contribution is 0.416. The van der Waals surface area contributed by atoms with Crippen LogP contribution in [0.3, 0.4) is 0 Å². The van der Waals surface area contributed by atoms with E-state index in [2.05, 4.69) is 10.2 Å². The van der Waals surface area contributed by atoms with Crippen molar-refractivity contribution in [3.05, 3.63) is 78.5 Å². The summed E-state index contributed by atoms with van der Waals surface area (Å²) in [5, 5.41) is 8.99. The van der Waals surface area contributed by atoms with Gasteiger partial charge >= 0.3 is 0 Å². The van der Waals surface area contributed by atoms with Crippen molar-refractivity contribution in [2.45, 2.75) is 6.92 Å². The molecule has 0 aliphatic heterocycles. The summed E-state index contributed by atoms with van der Waals surface area (Å²) in [5.74, 6) is 1.39. The number of hydrogen-bond acceptors (Lipinski definition) is 4. The van der Waals surface area contributed by atoms with Crippen LogP contribution in [-0.4, -0.2) is 16.5 Å². The van der Waals surface area contributed by atoms with Crippen molar-refractivity contribution >= 4 is 17.2 Å². The number of aryl methyl sites for hydroxylation is 1. The molecule has 0 unspecified atom stereocenters. The first-order valence-corrected chi connectivity index (χ1v) is 8.36. The number of methoxy groups -OCH3 is 1. The molecule has 0 aliphatic carbocycles. The highest BCUT2D eigenvalue weighted by Crippen LogP contribution is 2.34. The number of imidazole rings is 1. The van der Waals surface area contributed by atoms with Crippen molar-refractivity contribution < 1.29 is 4.74 Å². The molecule has 0 atom stereocenters. The van der Waals surface area contributed by atoms with Crippen LogP contribution in [0, 0.1) is 6.92 Å². The molecule has 0 bridgehead atoms. The normalized spacial score (nSPS) is 11.3. The molecule has 0 aliphatic rings. The molecule has 5 heteroatoms. The highest BCUT2D eigenvalue weighted by Gasteiger charge is 2.15. The number of fused-ring (bicyclic) bond motifs is 1. The molecular weight excluding hydrogens is 324 g/mol. The Bertz CT molecular complexity index is 1080. The molecule has 26 heavy (non-hydrogen) atoms. The van der Waals surface area contributed by atoms with Crippen LogP contribution in [0.15, 0.2) is 83.0 Å². The summed E-state index contributed by atoms with van der Waals surface area (Å²) >= 11 is 0. The Hall–Kier alpha value is -3.47. The first-order chi connectivity index (χ1) is 12.8. The Morgan fingerprint density at radius 1 is 0.846 bits per heavy atom. The van der Waals surface area contributed by atoms with Crippen LogP contribution in [0.5, 0.6) is 5.75 Å². The van der Waals surface area contributed by atoms with Crippen molar-refractivity contribution in [3.8, 4) is 17.0 Å². The van der Waals surface area contributed by atoms with Gasteiger partial charge in [0.1, 0.15) is 22.8 Å². The van der Waals surface area contributed by atoms with E-state index in [-0.39, 0.29) is 0 Å². The second-order valence-corrected chi connectivity index (χ2v) is 5.88. The third-order valence-electron chi connectivity index (χ3n) is 4.20. The van der Waals surface area contributed by atoms with Crippen molar-refractivity contribution in [1.29, 1.82) is 0 Å². The molecule has 2 heterocycles. The molecule has 0 fully saturated rings. The summed E-state index contributed by atoms with van der Waals surface area (Å²) in [7, 11) is 1.63. The zero-order chi connectivity index (χ0) is 17.9. The van der Waals surface area contributed by atoms with Crippen LogP contribution in [0.2, 0.25) is 0 Å². The summed E-state index contributed by atoms with van der Waals surface area (Å²) in [6.45, 7) is 2.03. The van der Waals surface area contributed by atoms with E-state index in [0.29, 0.717) is 17.3 Å². The van der Waals surface area contributed by atoms with Gasteiger partial charge in [-0.15, -0.1) is 10.2 Å². The van der Waals surface area contributed by atoms with E-state index in [1.807, 2.05) is 84.1 Å². The van der Waals surface area contributed by atoms with Gasteiger partial charge in [0.05, 0.1) is 7.11 Å². The van der Waals surface area contributed by atoms with E-state index in [1.54, 1.807) is 7.11 Å². The summed E-state index contributed by atoms with van der Waals surface area (Å²) in [4.78, 5) is 4.78. The monoisotopic (exact) mass is 342 g/mol. The number of benzene rings is 2. The molecule has 0 N–H and O–H groups in total. The van der Waals surface area contributed by atoms with Gasteiger partial charge in [0.25, 0.3) is 0 Å². The van der Waals surface area contributed by atoms with Crippen LogP contribution in [0.1, 0.15) is 5.69 Å². The smallest absolute Gasteiger partial charge is 0.187 e. The molecule has 128 valence electrons. The Labute approximate surface area is 151 Å². The topological polar surface area (TPSA) is 51.2 Å². The number of pyridine rings is 1. The first kappa shape index (κ1) is 16.0. The van der Waals surface area contributed by atoms with E-state index in [9.17, 15) is 0 Å². The Balaban J connectivity index is 1.91. The molecule has 2 aromatic carbocycles. The molecule has 5 nitrogen and oxygen atoms in total. The standard InChI is InChI=1S/C21H18N4O/c1-15-9-8-14-19-22-20(16-10-4-3-5-11-16)21(25(15)19)24-23-17-12-6-7-13-18(17)26-2/h3-14H,1-2H3. The Kier molecular flexibility index (Phi) is 4.19. The van der Waals surface area contributed by atoms with Crippen LogP contribution in [-0.2, 0) is 0 Å². The maximum absolute atomic E-state index is 5.37. The van der Waals surface area contributed by atoms with Crippen molar-refractivity contribution in [2.24, 2.45) is 10.2 Å². The third kappa shape index (κ3) is 2.84. The average molecular weight is 342 g/mol. The van der Waals surface area contributed by atoms with Gasteiger partial charge in [0, 0.05) is 11.3 Å². The number of aromatic nitrogens is 2. The predicted molar refractivity (Wildman–Crippen MR) is 103 cm³/mol. The minimum Gasteiger partial charge on any atom is -0.494 e. The number of azo groups is 1. The second-order valence-electron chi connectivity index (χ2n) is 5.88. The van der Waals surface area contributed by atoms with Crippen LogP contribution in [0.25, 0.3) is 16.9 Å². The fourth-order valence-corrected chi connectivity index (χ4v) is 2.93. The fourth-order valence-electron chi connectivity index (χ4n) is 2.93. The lowest BCUT2D eigenvalue weighted by Crippen LogP contribution is -1.89. The zero-order valence-corrected chi connectivity index (χ0v) is 14.6. The molecule has 0 spiro atoms. The highest BCUT2D eigenvalue weighted by atomic mass is 16.5. The average Bonchev–Trinajstić information content (AvgIpc) is 3.07. The molecule has 0 saturated heterocycles. The fraction of sp³-hybridized carbons (Fsp3) is 0.0952. The van der Waals surface area contributed by atoms with Crippen molar-refractivity contribution in [2.75, 3.05) is 7.11 Å². The van der Waals surface area contributed by atoms with Gasteiger partial charge in [-0.1, -0.05) is 48.5 Å². The molecule has 4 aromatic rings. The van der Waals surface area contributed by atoms with Crippen LogP contribution in [0.4, 0.5) is 11.5 Å². The van der Waals surface area contributed by atoms with E-state index in [1.165, 1.54) is 0 Å². The van der Waals surface area contributed by atoms with E-state index >= 15 is 0 Å². The summed E-state index contributed by atoms with van der Waals surface area (Å²) in [6.07, 6.45) is 0. The second kappa shape index (κ2) is 6.80. The lowest BCUT2D eigenvalue weighted by atomic mass is 10.1. The summed E-state index contributed by atoms with van der Waals surface area (Å²) < 4.78 is 7.38. The van der Waals surface area contributed by atoms with Gasteiger partial charge in [-0.25, -0.2) is 4.98 Å². The third-order valence-corrected chi connectivity index (χ3v) is 4.20. The van der Waals surface area contributed by atoms with E-state index in [4.69, 9.17) is 9.72 Å². The lowest BCUT2D eigenvalue weighted by Gasteiger charge is -2.04. The van der Waals surface area contributed by atoms with Gasteiger partial charge in [0.15, 0.2) is 5.82 Å². The molecular formula is C21H18N4O. The number of para-hydroxylation sites is 1. The molecule has 0 radical (unpaired) electrons. The Morgan fingerprint density at radius 2 is 1.62 bits per heavy atom. The summed E-state index contributed by atoms with van der Waals surface area (Å²) in [6, 6.07) is 23.6.